The van der Waals surface area contributed by atoms with Gasteiger partial charge in [-0.1, -0.05) is 68.1 Å². The lowest BCUT2D eigenvalue weighted by molar-refractivity contribution is -0.274. The lowest BCUT2D eigenvalue weighted by Gasteiger charge is -2.21. The first kappa shape index (κ1) is 30.8. The van der Waals surface area contributed by atoms with Gasteiger partial charge in [-0.3, -0.25) is 9.69 Å². The first-order chi connectivity index (χ1) is 21.0. The van der Waals surface area contributed by atoms with Crippen molar-refractivity contribution in [3.05, 3.63) is 89.7 Å². The van der Waals surface area contributed by atoms with Crippen molar-refractivity contribution in [2.24, 2.45) is 4.99 Å². The average Bonchev–Trinajstić information content (AvgIpc) is 3.62. The summed E-state index contributed by atoms with van der Waals surface area (Å²) in [7, 11) is 0. The molecule has 1 unspecified atom stereocenters. The second kappa shape index (κ2) is 12.9. The van der Waals surface area contributed by atoms with Gasteiger partial charge in [0.15, 0.2) is 11.0 Å². The Morgan fingerprint density at radius 3 is 2.52 bits per heavy atom. The minimum atomic E-state index is -4.76. The van der Waals surface area contributed by atoms with E-state index >= 15 is 0 Å². The Bertz CT molecular complexity index is 1690. The molecule has 2 heterocycles. The van der Waals surface area contributed by atoms with E-state index in [1.807, 2.05) is 63.2 Å². The number of para-hydroxylation sites is 1. The molecule has 1 saturated heterocycles. The third-order valence-corrected chi connectivity index (χ3v) is 7.94. The van der Waals surface area contributed by atoms with E-state index in [2.05, 4.69) is 25.1 Å². The van der Waals surface area contributed by atoms with Gasteiger partial charge in [-0.25, -0.2) is 14.5 Å². The molecule has 13 heteroatoms. The van der Waals surface area contributed by atoms with Crippen molar-refractivity contribution in [1.82, 2.24) is 20.1 Å². The van der Waals surface area contributed by atoms with Crippen molar-refractivity contribution >= 4 is 34.6 Å². The predicted octanol–water partition coefficient (Wildman–Crippen LogP) is 6.65. The highest BCUT2D eigenvalue weighted by molar-refractivity contribution is 8.15. The standard InChI is InChI=1S/C31H29F3N6O3S/c1-4-21-7-5-6-19(2)27(21)40-26(41)17-44-30(40)37-29(42)35-16-20(3)22-8-10-23(11-9-22)28-36-18-39(38-28)24-12-14-25(15-13-24)43-31(32,33)34/h5-15,18,20H,4,16-17H2,1-3H3,(H,35,42)/b37-30-. The SMILES string of the molecule is CCc1cccc(C)c1N1C(=O)CS/C1=N\C(=O)NCC(C)c1ccc(-c2ncn(-c3ccc(OC(F)(F)F)cc3)n2)cc1. The van der Waals surface area contributed by atoms with E-state index in [1.54, 1.807) is 4.90 Å². The number of halogens is 3. The van der Waals surface area contributed by atoms with Crippen LogP contribution in [0, 0.1) is 6.92 Å². The van der Waals surface area contributed by atoms with Crippen molar-refractivity contribution < 1.29 is 27.5 Å². The van der Waals surface area contributed by atoms with Crippen molar-refractivity contribution in [3.8, 4) is 22.8 Å². The van der Waals surface area contributed by atoms with E-state index in [1.165, 1.54) is 47.0 Å². The average molecular weight is 623 g/mol. The number of thioether (sulfide) groups is 1. The molecule has 1 aliphatic rings. The molecule has 0 radical (unpaired) electrons. The smallest absolute Gasteiger partial charge is 0.406 e. The fourth-order valence-electron chi connectivity index (χ4n) is 4.76. The van der Waals surface area contributed by atoms with Crippen molar-refractivity contribution in [2.75, 3.05) is 17.2 Å². The zero-order valence-corrected chi connectivity index (χ0v) is 24.9. The van der Waals surface area contributed by atoms with Crippen LogP contribution >= 0.6 is 11.8 Å². The number of aryl methyl sites for hydroxylation is 2. The number of rotatable bonds is 8. The summed E-state index contributed by atoms with van der Waals surface area (Å²) < 4.78 is 42.6. The number of amidine groups is 1. The Morgan fingerprint density at radius 1 is 1.11 bits per heavy atom. The molecule has 9 nitrogen and oxygen atoms in total. The number of aromatic nitrogens is 3. The molecule has 1 aliphatic heterocycles. The van der Waals surface area contributed by atoms with Crippen LogP contribution in [-0.2, 0) is 11.2 Å². The van der Waals surface area contributed by atoms with Gasteiger partial charge in [-0.15, -0.1) is 18.3 Å². The molecule has 1 aromatic heterocycles. The molecule has 4 aromatic rings. The quantitative estimate of drug-likeness (QED) is 0.236. The van der Waals surface area contributed by atoms with Gasteiger partial charge >= 0.3 is 12.4 Å². The molecule has 1 fully saturated rings. The maximum atomic E-state index is 12.8. The predicted molar refractivity (Wildman–Crippen MR) is 163 cm³/mol. The van der Waals surface area contributed by atoms with Crippen molar-refractivity contribution in [1.29, 1.82) is 0 Å². The van der Waals surface area contributed by atoms with E-state index in [-0.39, 0.29) is 23.3 Å². The summed E-state index contributed by atoms with van der Waals surface area (Å²) in [4.78, 5) is 35.6. The number of anilines is 1. The van der Waals surface area contributed by atoms with Crippen LogP contribution in [0.2, 0.25) is 0 Å². The Morgan fingerprint density at radius 2 is 1.84 bits per heavy atom. The molecule has 0 spiro atoms. The zero-order chi connectivity index (χ0) is 31.4. The summed E-state index contributed by atoms with van der Waals surface area (Å²) in [6, 6.07) is 18.2. The maximum absolute atomic E-state index is 12.8. The summed E-state index contributed by atoms with van der Waals surface area (Å²) in [5, 5.41) is 7.64. The first-order valence-electron chi connectivity index (χ1n) is 13.8. The maximum Gasteiger partial charge on any atom is 0.573 e. The number of aliphatic imine (C=N–C) groups is 1. The second-order valence-corrected chi connectivity index (χ2v) is 11.1. The largest absolute Gasteiger partial charge is 0.573 e. The van der Waals surface area contributed by atoms with E-state index in [4.69, 9.17) is 0 Å². The van der Waals surface area contributed by atoms with Crippen LogP contribution in [0.5, 0.6) is 5.75 Å². The zero-order valence-electron chi connectivity index (χ0n) is 24.1. The van der Waals surface area contributed by atoms with Crippen LogP contribution in [0.1, 0.15) is 36.5 Å². The number of urea groups is 1. The summed E-state index contributed by atoms with van der Waals surface area (Å²) in [6.45, 7) is 6.27. The number of amides is 3. The molecule has 5 rings (SSSR count). The van der Waals surface area contributed by atoms with Gasteiger partial charge in [0.25, 0.3) is 0 Å². The van der Waals surface area contributed by atoms with E-state index in [9.17, 15) is 22.8 Å². The van der Waals surface area contributed by atoms with Crippen molar-refractivity contribution in [3.63, 3.8) is 0 Å². The molecule has 3 aromatic carbocycles. The second-order valence-electron chi connectivity index (χ2n) is 10.1. The van der Waals surface area contributed by atoms with Crippen LogP contribution in [0.25, 0.3) is 17.1 Å². The fourth-order valence-corrected chi connectivity index (χ4v) is 5.61. The van der Waals surface area contributed by atoms with Crippen LogP contribution in [0.15, 0.2) is 78.0 Å². The molecule has 228 valence electrons. The Labute approximate surface area is 256 Å². The first-order valence-corrected chi connectivity index (χ1v) is 14.8. The molecule has 1 N–H and O–H groups in total. The lowest BCUT2D eigenvalue weighted by atomic mass is 10.00. The van der Waals surface area contributed by atoms with E-state index in [0.717, 1.165) is 34.4 Å². The molecular weight excluding hydrogens is 593 g/mol. The monoisotopic (exact) mass is 622 g/mol. The van der Waals surface area contributed by atoms with Gasteiger partial charge < -0.3 is 10.1 Å². The van der Waals surface area contributed by atoms with Crippen LogP contribution in [0.3, 0.4) is 0 Å². The van der Waals surface area contributed by atoms with Gasteiger partial charge in [0.1, 0.15) is 12.1 Å². The van der Waals surface area contributed by atoms with Gasteiger partial charge in [0.05, 0.1) is 17.1 Å². The number of hydrogen-bond acceptors (Lipinski definition) is 6. The minimum absolute atomic E-state index is 0.0341. The van der Waals surface area contributed by atoms with Crippen molar-refractivity contribution in [2.45, 2.75) is 39.5 Å². The Kier molecular flexibility index (Phi) is 9.04. The fraction of sp³-hybridized carbons (Fsp3) is 0.258. The molecule has 44 heavy (non-hydrogen) atoms. The van der Waals surface area contributed by atoms with E-state index in [0.29, 0.717) is 23.2 Å². The lowest BCUT2D eigenvalue weighted by Crippen LogP contribution is -2.33. The number of carbonyl (C=O) groups excluding carboxylic acids is 2. The van der Waals surface area contributed by atoms with E-state index < -0.39 is 12.4 Å². The number of nitrogens with zero attached hydrogens (tertiary/aromatic N) is 5. The summed E-state index contributed by atoms with van der Waals surface area (Å²) >= 11 is 1.25. The highest BCUT2D eigenvalue weighted by Gasteiger charge is 2.33. The molecule has 0 bridgehead atoms. The van der Waals surface area contributed by atoms with Crippen LogP contribution in [-0.4, -0.2) is 50.5 Å². The molecule has 0 saturated carbocycles. The number of benzene rings is 3. The minimum Gasteiger partial charge on any atom is -0.406 e. The van der Waals surface area contributed by atoms with Crippen LogP contribution < -0.4 is 15.0 Å². The third-order valence-electron chi connectivity index (χ3n) is 7.01. The number of hydrogen-bond donors (Lipinski definition) is 1. The molecule has 1 atom stereocenters. The van der Waals surface area contributed by atoms with Gasteiger partial charge in [-0.05, 0) is 60.2 Å². The number of ether oxygens (including phenoxy) is 1. The molecule has 3 amide bonds. The normalized spacial score (nSPS) is 15.1. The van der Waals surface area contributed by atoms with Gasteiger partial charge in [-0.2, -0.15) is 4.99 Å². The molecular formula is C31H29F3N6O3S. The number of alkyl halides is 3. The highest BCUT2D eigenvalue weighted by atomic mass is 32.2. The third kappa shape index (κ3) is 7.10. The van der Waals surface area contributed by atoms with Gasteiger partial charge in [0.2, 0.25) is 5.91 Å². The van der Waals surface area contributed by atoms with Gasteiger partial charge in [0, 0.05) is 12.1 Å². The summed E-state index contributed by atoms with van der Waals surface area (Å²) in [5.74, 6) is 0.206. The summed E-state index contributed by atoms with van der Waals surface area (Å²) in [5.41, 5.74) is 5.00. The Hall–Kier alpha value is -4.65. The Balaban J connectivity index is 1.20. The molecule has 0 aliphatic carbocycles. The number of nitrogens with one attached hydrogen (secondary N) is 1. The topological polar surface area (TPSA) is 102 Å². The van der Waals surface area contributed by atoms with Crippen LogP contribution in [0.4, 0.5) is 23.7 Å². The summed E-state index contributed by atoms with van der Waals surface area (Å²) in [6.07, 6.45) is -2.54. The number of carbonyl (C=O) groups is 2. The highest BCUT2D eigenvalue weighted by Crippen LogP contribution is 2.33.